The van der Waals surface area contributed by atoms with Gasteiger partial charge in [-0.05, 0) is 62.6 Å². The largest absolute Gasteiger partial charge is 0.363 e. The maximum Gasteiger partial charge on any atom is 0.324 e. The quantitative estimate of drug-likeness (QED) is 0.446. The number of ether oxygens (including phenoxy) is 1. The molecule has 3 atom stereocenters. The molecule has 44 heavy (non-hydrogen) atoms. The second kappa shape index (κ2) is 12.7. The number of nitrogens with one attached hydrogen (secondary N) is 3. The first kappa shape index (κ1) is 29.7. The number of fused-ring (bicyclic) bond motifs is 1. The molecular weight excluding hydrogens is 556 g/mol. The van der Waals surface area contributed by atoms with Gasteiger partial charge in [-0.2, -0.15) is 5.26 Å². The number of para-hydroxylation sites is 1. The molecule has 1 unspecified atom stereocenters. The molecule has 2 aromatic rings. The van der Waals surface area contributed by atoms with Crippen molar-refractivity contribution in [1.29, 1.82) is 5.26 Å². The van der Waals surface area contributed by atoms with Crippen molar-refractivity contribution in [3.05, 3.63) is 83.0 Å². The van der Waals surface area contributed by atoms with Crippen LogP contribution < -0.4 is 20.9 Å². The molecule has 11 heteroatoms. The molecular formula is C33H40N8O3. The van der Waals surface area contributed by atoms with E-state index in [2.05, 4.69) is 38.8 Å². The fourth-order valence-electron chi connectivity index (χ4n) is 6.77. The van der Waals surface area contributed by atoms with Crippen LogP contribution in [0, 0.1) is 11.3 Å². The Morgan fingerprint density at radius 2 is 2.09 bits per heavy atom. The van der Waals surface area contributed by atoms with Crippen LogP contribution in [0.15, 0.2) is 66.3 Å². The van der Waals surface area contributed by atoms with Crippen LogP contribution in [0.3, 0.4) is 0 Å². The lowest BCUT2D eigenvalue weighted by molar-refractivity contribution is -0.120. The van der Waals surface area contributed by atoms with Gasteiger partial charge in [-0.3, -0.25) is 14.7 Å². The number of hydrogen-bond donors (Lipinski definition) is 3. The number of dihydropyridines is 1. The van der Waals surface area contributed by atoms with Gasteiger partial charge >= 0.3 is 6.03 Å². The highest BCUT2D eigenvalue weighted by Crippen LogP contribution is 2.35. The summed E-state index contributed by atoms with van der Waals surface area (Å²) in [6.07, 6.45) is 9.80. The van der Waals surface area contributed by atoms with Crippen LogP contribution in [-0.4, -0.2) is 84.7 Å². The van der Waals surface area contributed by atoms with Gasteiger partial charge < -0.3 is 30.5 Å². The predicted octanol–water partition coefficient (Wildman–Crippen LogP) is 2.57. The molecule has 4 aliphatic heterocycles. The molecule has 1 aromatic heterocycles. The van der Waals surface area contributed by atoms with Crippen LogP contribution in [0.1, 0.15) is 43.4 Å². The molecule has 6 rings (SSSR count). The van der Waals surface area contributed by atoms with Crippen LogP contribution in [-0.2, 0) is 21.7 Å². The lowest BCUT2D eigenvalue weighted by atomic mass is 9.97. The summed E-state index contributed by atoms with van der Waals surface area (Å²) in [7, 11) is 0. The monoisotopic (exact) mass is 596 g/mol. The van der Waals surface area contributed by atoms with Gasteiger partial charge in [0.05, 0.1) is 16.9 Å². The number of urea groups is 1. The minimum atomic E-state index is -1.05. The summed E-state index contributed by atoms with van der Waals surface area (Å²) >= 11 is 0. The van der Waals surface area contributed by atoms with Crippen molar-refractivity contribution >= 4 is 17.6 Å². The van der Waals surface area contributed by atoms with Crippen molar-refractivity contribution in [2.45, 2.75) is 50.9 Å². The van der Waals surface area contributed by atoms with Crippen LogP contribution in [0.25, 0.3) is 0 Å². The summed E-state index contributed by atoms with van der Waals surface area (Å²) in [6.45, 7) is 8.19. The van der Waals surface area contributed by atoms with Crippen LogP contribution in [0.5, 0.6) is 0 Å². The van der Waals surface area contributed by atoms with Gasteiger partial charge in [0, 0.05) is 69.4 Å². The second-order valence-corrected chi connectivity index (χ2v) is 11.6. The Balaban J connectivity index is 1.28. The number of carbonyl (C=O) groups excluding carboxylic acids is 2. The van der Waals surface area contributed by atoms with Gasteiger partial charge in [-0.25, -0.2) is 4.79 Å². The van der Waals surface area contributed by atoms with Crippen LogP contribution >= 0.6 is 0 Å². The Morgan fingerprint density at radius 1 is 1.20 bits per heavy atom. The molecule has 230 valence electrons. The van der Waals surface area contributed by atoms with E-state index in [0.29, 0.717) is 44.0 Å². The average Bonchev–Trinajstić information content (AvgIpc) is 3.75. The third kappa shape index (κ3) is 5.51. The Labute approximate surface area is 258 Å². The number of aromatic nitrogens is 1. The first-order valence-corrected chi connectivity index (χ1v) is 15.6. The summed E-state index contributed by atoms with van der Waals surface area (Å²) in [4.78, 5) is 38.0. The van der Waals surface area contributed by atoms with Crippen molar-refractivity contribution < 1.29 is 14.3 Å². The number of carbonyl (C=O) groups is 2. The molecule has 3 N–H and O–H groups in total. The molecule has 0 saturated carbocycles. The zero-order chi connectivity index (χ0) is 30.7. The Bertz CT molecular complexity index is 1500. The lowest BCUT2D eigenvalue weighted by Crippen LogP contribution is -2.58. The minimum Gasteiger partial charge on any atom is -0.363 e. The number of allylic oxidation sites excluding steroid dienone is 1. The SMILES string of the molecule is CCOC1(c2cccnc2)C=CC(N2CCN(C(=O)N3CCc4cccc(C#N)c43)C[C@H]2CC)=C(C(=O)N[C@@H]2CCNC2)N1. The predicted molar refractivity (Wildman–Crippen MR) is 166 cm³/mol. The normalized spacial score (nSPS) is 24.6. The van der Waals surface area contributed by atoms with E-state index in [9.17, 15) is 14.9 Å². The Morgan fingerprint density at radius 3 is 2.82 bits per heavy atom. The number of hydrogen-bond acceptors (Lipinski definition) is 8. The maximum atomic E-state index is 14.0. The third-order valence-corrected chi connectivity index (χ3v) is 9.01. The van der Waals surface area contributed by atoms with E-state index in [-0.39, 0.29) is 24.0 Å². The first-order chi connectivity index (χ1) is 21.5. The number of pyridine rings is 1. The van der Waals surface area contributed by atoms with E-state index in [0.717, 1.165) is 54.9 Å². The number of nitrogens with zero attached hydrogens (tertiary/aromatic N) is 5. The molecule has 0 aliphatic carbocycles. The zero-order valence-electron chi connectivity index (χ0n) is 25.4. The molecule has 2 saturated heterocycles. The number of piperazine rings is 1. The molecule has 11 nitrogen and oxygen atoms in total. The highest BCUT2D eigenvalue weighted by atomic mass is 16.5. The summed E-state index contributed by atoms with van der Waals surface area (Å²) in [5.74, 6) is -0.183. The molecule has 2 fully saturated rings. The number of benzene rings is 1. The summed E-state index contributed by atoms with van der Waals surface area (Å²) in [5, 5.41) is 19.7. The van der Waals surface area contributed by atoms with Gasteiger partial charge in [-0.1, -0.05) is 25.1 Å². The zero-order valence-corrected chi connectivity index (χ0v) is 25.4. The molecule has 0 bridgehead atoms. The van der Waals surface area contributed by atoms with E-state index in [1.165, 1.54) is 0 Å². The minimum absolute atomic E-state index is 0.0173. The molecule has 5 heterocycles. The van der Waals surface area contributed by atoms with Crippen molar-refractivity contribution in [3.8, 4) is 6.07 Å². The van der Waals surface area contributed by atoms with Crippen LogP contribution in [0.4, 0.5) is 10.5 Å². The Hall–Kier alpha value is -4.40. The van der Waals surface area contributed by atoms with E-state index in [4.69, 9.17) is 4.74 Å². The van der Waals surface area contributed by atoms with E-state index < -0.39 is 5.72 Å². The van der Waals surface area contributed by atoms with Crippen LogP contribution in [0.2, 0.25) is 0 Å². The average molecular weight is 597 g/mol. The topological polar surface area (TPSA) is 126 Å². The molecule has 4 aliphatic rings. The number of anilines is 1. The van der Waals surface area contributed by atoms with Crippen molar-refractivity contribution in [3.63, 3.8) is 0 Å². The highest BCUT2D eigenvalue weighted by molar-refractivity contribution is 5.96. The summed E-state index contributed by atoms with van der Waals surface area (Å²) < 4.78 is 6.28. The van der Waals surface area contributed by atoms with Gasteiger partial charge in [0.25, 0.3) is 5.91 Å². The number of nitriles is 1. The smallest absolute Gasteiger partial charge is 0.324 e. The Kier molecular flexibility index (Phi) is 8.55. The number of rotatable bonds is 7. The summed E-state index contributed by atoms with van der Waals surface area (Å²) in [5.41, 5.74) is 3.28. The first-order valence-electron chi connectivity index (χ1n) is 15.6. The van der Waals surface area contributed by atoms with Crippen molar-refractivity contribution in [2.75, 3.05) is 50.8 Å². The fraction of sp³-hybridized carbons (Fsp3) is 0.455. The molecule has 0 radical (unpaired) electrons. The van der Waals surface area contributed by atoms with E-state index >= 15 is 0 Å². The van der Waals surface area contributed by atoms with E-state index in [1.807, 2.05) is 48.2 Å². The fourth-order valence-corrected chi connectivity index (χ4v) is 6.77. The molecule has 3 amide bonds. The third-order valence-electron chi connectivity index (χ3n) is 9.01. The standard InChI is InChI=1S/C33H40N8O3/c1-3-27-22-39(32(43)41-16-12-23-7-5-8-24(19-34)30(23)41)17-18-40(27)28-10-13-33(44-4-2,25-9-6-14-35-20-25)38-29(28)31(42)37-26-11-15-36-21-26/h5-10,13-14,20,26-27,36,38H,3-4,11-12,15-18,21-22H2,1-2H3,(H,37,42)/t26-,27-,33?/m1/s1. The van der Waals surface area contributed by atoms with Crippen molar-refractivity contribution in [1.82, 2.24) is 30.7 Å². The molecule has 0 spiro atoms. The van der Waals surface area contributed by atoms with Gasteiger partial charge in [-0.15, -0.1) is 0 Å². The summed E-state index contributed by atoms with van der Waals surface area (Å²) in [6, 6.07) is 11.6. The number of amides is 3. The second-order valence-electron chi connectivity index (χ2n) is 11.6. The highest BCUT2D eigenvalue weighted by Gasteiger charge is 2.41. The van der Waals surface area contributed by atoms with Gasteiger partial charge in [0.1, 0.15) is 11.8 Å². The van der Waals surface area contributed by atoms with E-state index in [1.54, 1.807) is 23.4 Å². The van der Waals surface area contributed by atoms with Gasteiger partial charge in [0.15, 0.2) is 5.72 Å². The van der Waals surface area contributed by atoms with Gasteiger partial charge in [0.2, 0.25) is 0 Å². The molecule has 1 aromatic carbocycles. The maximum absolute atomic E-state index is 14.0. The van der Waals surface area contributed by atoms with Crippen molar-refractivity contribution in [2.24, 2.45) is 0 Å². The lowest BCUT2D eigenvalue weighted by Gasteiger charge is -2.46.